The number of halogens is 2. The van der Waals surface area contributed by atoms with Crippen LogP contribution in [-0.2, 0) is 4.74 Å². The Bertz CT molecular complexity index is 630. The zero-order valence-electron chi connectivity index (χ0n) is 17.7. The van der Waals surface area contributed by atoms with Gasteiger partial charge in [-0.15, -0.1) is 24.0 Å². The number of morpholine rings is 1. The second kappa shape index (κ2) is 12.0. The number of hydrogen-bond donors (Lipinski definition) is 2. The normalized spacial score (nSPS) is 20.1. The van der Waals surface area contributed by atoms with Crippen LogP contribution in [0.25, 0.3) is 0 Å². The molecule has 1 heterocycles. The van der Waals surface area contributed by atoms with Gasteiger partial charge >= 0.3 is 0 Å². The molecule has 29 heavy (non-hydrogen) atoms. The first-order chi connectivity index (χ1) is 13.6. The van der Waals surface area contributed by atoms with Crippen molar-refractivity contribution in [3.05, 3.63) is 35.6 Å². The van der Waals surface area contributed by atoms with Crippen molar-refractivity contribution in [1.82, 2.24) is 20.4 Å². The van der Waals surface area contributed by atoms with Crippen molar-refractivity contribution in [2.45, 2.75) is 24.9 Å². The van der Waals surface area contributed by atoms with Gasteiger partial charge in [-0.25, -0.2) is 4.39 Å². The number of aliphatic imine (C=N–C) groups is 1. The van der Waals surface area contributed by atoms with E-state index in [2.05, 4.69) is 39.5 Å². The van der Waals surface area contributed by atoms with Crippen LogP contribution in [0.3, 0.4) is 0 Å². The Labute approximate surface area is 191 Å². The highest BCUT2D eigenvalue weighted by Crippen LogP contribution is 2.34. The maximum absolute atomic E-state index is 13.4. The highest BCUT2D eigenvalue weighted by atomic mass is 127. The third-order valence-electron chi connectivity index (χ3n) is 5.74. The van der Waals surface area contributed by atoms with E-state index < -0.39 is 0 Å². The van der Waals surface area contributed by atoms with Gasteiger partial charge in [-0.2, -0.15) is 0 Å². The van der Waals surface area contributed by atoms with Crippen LogP contribution in [0.15, 0.2) is 29.3 Å². The monoisotopic (exact) mass is 519 g/mol. The number of hydrogen-bond acceptors (Lipinski definition) is 4. The number of nitrogens with one attached hydrogen (secondary N) is 2. The van der Waals surface area contributed by atoms with Crippen LogP contribution >= 0.6 is 24.0 Å². The van der Waals surface area contributed by atoms with E-state index in [9.17, 15) is 4.39 Å². The largest absolute Gasteiger partial charge is 0.379 e. The lowest BCUT2D eigenvalue weighted by molar-refractivity contribution is 0.0170. The SMILES string of the molecule is CN=C(NCC(C1CC1)N(C)C)NCC(c1ccc(F)cc1)N1CCOCC1.I. The van der Waals surface area contributed by atoms with Crippen LogP contribution in [0.4, 0.5) is 4.39 Å². The van der Waals surface area contributed by atoms with Crippen molar-refractivity contribution >= 4 is 29.9 Å². The lowest BCUT2D eigenvalue weighted by atomic mass is 10.0. The van der Waals surface area contributed by atoms with Crippen LogP contribution in [0.5, 0.6) is 0 Å². The summed E-state index contributed by atoms with van der Waals surface area (Å²) in [5.41, 5.74) is 1.11. The van der Waals surface area contributed by atoms with Gasteiger partial charge in [0.1, 0.15) is 5.82 Å². The maximum Gasteiger partial charge on any atom is 0.191 e. The number of likely N-dealkylation sites (N-methyl/N-ethyl adjacent to an activating group) is 1. The van der Waals surface area contributed by atoms with E-state index >= 15 is 0 Å². The lowest BCUT2D eigenvalue weighted by Gasteiger charge is -2.35. The zero-order valence-corrected chi connectivity index (χ0v) is 20.1. The number of rotatable bonds is 8. The van der Waals surface area contributed by atoms with E-state index in [-0.39, 0.29) is 35.8 Å². The summed E-state index contributed by atoms with van der Waals surface area (Å²) in [6.45, 7) is 4.81. The average molecular weight is 519 g/mol. The van der Waals surface area contributed by atoms with Crippen molar-refractivity contribution in [1.29, 1.82) is 0 Å². The zero-order chi connectivity index (χ0) is 19.9. The Balaban J connectivity index is 0.00000300. The van der Waals surface area contributed by atoms with E-state index in [1.165, 1.54) is 25.0 Å². The van der Waals surface area contributed by atoms with E-state index in [0.29, 0.717) is 12.6 Å². The molecule has 0 aromatic heterocycles. The summed E-state index contributed by atoms with van der Waals surface area (Å²) in [5, 5.41) is 6.96. The molecular formula is C21H35FIN5O. The summed E-state index contributed by atoms with van der Waals surface area (Å²) in [6.07, 6.45) is 2.64. The predicted molar refractivity (Wildman–Crippen MR) is 127 cm³/mol. The van der Waals surface area contributed by atoms with E-state index in [4.69, 9.17) is 4.74 Å². The van der Waals surface area contributed by atoms with Crippen LogP contribution in [0.2, 0.25) is 0 Å². The van der Waals surface area contributed by atoms with Crippen molar-refractivity contribution in [2.24, 2.45) is 10.9 Å². The minimum Gasteiger partial charge on any atom is -0.379 e. The van der Waals surface area contributed by atoms with Gasteiger partial charge in [0, 0.05) is 39.3 Å². The van der Waals surface area contributed by atoms with Crippen molar-refractivity contribution in [2.75, 3.05) is 60.5 Å². The molecule has 2 fully saturated rings. The van der Waals surface area contributed by atoms with Gasteiger partial charge in [-0.05, 0) is 50.6 Å². The van der Waals surface area contributed by atoms with Crippen LogP contribution in [0, 0.1) is 11.7 Å². The minimum atomic E-state index is -0.204. The molecule has 164 valence electrons. The van der Waals surface area contributed by atoms with Gasteiger partial charge in [0.05, 0.1) is 19.3 Å². The second-order valence-corrected chi connectivity index (χ2v) is 7.92. The molecule has 0 amide bonds. The van der Waals surface area contributed by atoms with Crippen molar-refractivity contribution in [3.63, 3.8) is 0 Å². The lowest BCUT2D eigenvalue weighted by Crippen LogP contribution is -2.49. The third-order valence-corrected chi connectivity index (χ3v) is 5.74. The molecule has 1 aromatic rings. The molecule has 1 aliphatic heterocycles. The van der Waals surface area contributed by atoms with Gasteiger partial charge in [-0.1, -0.05) is 12.1 Å². The molecule has 2 unspecified atom stereocenters. The fraction of sp³-hybridized carbons (Fsp3) is 0.667. The molecule has 1 saturated heterocycles. The summed E-state index contributed by atoms with van der Waals surface area (Å²) < 4.78 is 18.9. The number of benzene rings is 1. The molecule has 2 atom stereocenters. The van der Waals surface area contributed by atoms with Crippen molar-refractivity contribution in [3.8, 4) is 0 Å². The molecule has 2 N–H and O–H groups in total. The summed E-state index contributed by atoms with van der Waals surface area (Å²) >= 11 is 0. The van der Waals surface area contributed by atoms with Crippen LogP contribution in [0.1, 0.15) is 24.4 Å². The highest BCUT2D eigenvalue weighted by molar-refractivity contribution is 14.0. The van der Waals surface area contributed by atoms with Gasteiger partial charge in [0.15, 0.2) is 5.96 Å². The molecule has 1 saturated carbocycles. The van der Waals surface area contributed by atoms with Crippen molar-refractivity contribution < 1.29 is 9.13 Å². The summed E-state index contributed by atoms with van der Waals surface area (Å²) in [6, 6.07) is 7.51. The molecule has 0 radical (unpaired) electrons. The van der Waals surface area contributed by atoms with Crippen LogP contribution in [-0.4, -0.2) is 82.3 Å². The average Bonchev–Trinajstić information content (AvgIpc) is 3.53. The molecule has 2 aliphatic rings. The Hall–Kier alpha value is -0.970. The molecule has 1 aromatic carbocycles. The fourth-order valence-corrected chi connectivity index (χ4v) is 3.90. The van der Waals surface area contributed by atoms with Crippen LogP contribution < -0.4 is 10.6 Å². The number of ether oxygens (including phenoxy) is 1. The molecule has 3 rings (SSSR count). The molecular weight excluding hydrogens is 484 g/mol. The Morgan fingerprint density at radius 3 is 2.34 bits per heavy atom. The Kier molecular flexibility index (Phi) is 10.1. The van der Waals surface area contributed by atoms with E-state index in [0.717, 1.165) is 50.3 Å². The molecule has 1 aliphatic carbocycles. The number of nitrogens with zero attached hydrogens (tertiary/aromatic N) is 3. The highest BCUT2D eigenvalue weighted by Gasteiger charge is 2.32. The number of guanidine groups is 1. The maximum atomic E-state index is 13.4. The summed E-state index contributed by atoms with van der Waals surface area (Å²) in [4.78, 5) is 9.09. The standard InChI is InChI=1S/C21H34FN5O.HI/c1-23-21(24-14-19(26(2)3)16-4-5-16)25-15-20(27-10-12-28-13-11-27)17-6-8-18(22)9-7-17;/h6-9,16,19-20H,4-5,10-15H2,1-3H3,(H2,23,24,25);1H. The molecule has 0 spiro atoms. The minimum absolute atomic E-state index is 0. The smallest absolute Gasteiger partial charge is 0.191 e. The first kappa shape index (κ1) is 24.3. The first-order valence-corrected chi connectivity index (χ1v) is 10.3. The fourth-order valence-electron chi connectivity index (χ4n) is 3.90. The second-order valence-electron chi connectivity index (χ2n) is 7.92. The quantitative estimate of drug-likeness (QED) is 0.314. The van der Waals surface area contributed by atoms with Gasteiger partial charge in [0.25, 0.3) is 0 Å². The predicted octanol–water partition coefficient (Wildman–Crippen LogP) is 2.32. The molecule has 6 nitrogen and oxygen atoms in total. The molecule has 0 bridgehead atoms. The van der Waals surface area contributed by atoms with E-state index in [1.807, 2.05) is 12.1 Å². The first-order valence-electron chi connectivity index (χ1n) is 10.3. The molecule has 8 heteroatoms. The topological polar surface area (TPSA) is 52.1 Å². The summed E-state index contributed by atoms with van der Waals surface area (Å²) in [7, 11) is 6.09. The van der Waals surface area contributed by atoms with Gasteiger partial charge in [-0.3, -0.25) is 9.89 Å². The Morgan fingerprint density at radius 2 is 1.79 bits per heavy atom. The third kappa shape index (κ3) is 7.34. The summed E-state index contributed by atoms with van der Waals surface area (Å²) in [5.74, 6) is 1.40. The van der Waals surface area contributed by atoms with E-state index in [1.54, 1.807) is 7.05 Å². The van der Waals surface area contributed by atoms with Gasteiger partial charge < -0.3 is 20.3 Å². The Morgan fingerprint density at radius 1 is 1.17 bits per heavy atom. The van der Waals surface area contributed by atoms with Gasteiger partial charge in [0.2, 0.25) is 0 Å².